The Hall–Kier alpha value is -1.95. The molecular formula is C13H18O6. The van der Waals surface area contributed by atoms with Gasteiger partial charge in [-0.15, -0.1) is 0 Å². The van der Waals surface area contributed by atoms with E-state index in [0.29, 0.717) is 30.5 Å². The summed E-state index contributed by atoms with van der Waals surface area (Å²) in [6.07, 6.45) is 0. The van der Waals surface area contributed by atoms with E-state index in [1.54, 1.807) is 13.8 Å². The van der Waals surface area contributed by atoms with E-state index >= 15 is 0 Å². The Morgan fingerprint density at radius 3 is 2.00 bits per heavy atom. The molecule has 0 unspecified atom stereocenters. The van der Waals surface area contributed by atoms with Crippen LogP contribution in [-0.4, -0.2) is 42.6 Å². The fourth-order valence-corrected chi connectivity index (χ4v) is 1.52. The third-order valence-electron chi connectivity index (χ3n) is 2.21. The highest BCUT2D eigenvalue weighted by Gasteiger charge is 2.17. The molecule has 6 nitrogen and oxygen atoms in total. The monoisotopic (exact) mass is 270 g/mol. The molecule has 106 valence electrons. The summed E-state index contributed by atoms with van der Waals surface area (Å²) in [5.41, 5.74) is 0.0586. The van der Waals surface area contributed by atoms with Crippen molar-refractivity contribution >= 4 is 5.97 Å². The van der Waals surface area contributed by atoms with Gasteiger partial charge in [0.05, 0.1) is 25.4 Å². The molecule has 0 aliphatic rings. The van der Waals surface area contributed by atoms with E-state index in [0.717, 1.165) is 0 Å². The zero-order valence-corrected chi connectivity index (χ0v) is 11.0. The fourth-order valence-electron chi connectivity index (χ4n) is 1.52. The highest BCUT2D eigenvalue weighted by molar-refractivity contribution is 5.89. The first-order valence-electron chi connectivity index (χ1n) is 6.04. The number of hydrogen-bond donors (Lipinski definition) is 2. The lowest BCUT2D eigenvalue weighted by atomic mass is 10.2. The second kappa shape index (κ2) is 7.48. The molecule has 0 saturated heterocycles. The van der Waals surface area contributed by atoms with Crippen molar-refractivity contribution in [2.75, 3.05) is 26.4 Å². The van der Waals surface area contributed by atoms with Gasteiger partial charge in [-0.1, -0.05) is 0 Å². The Kier molecular flexibility index (Phi) is 5.95. The Labute approximate surface area is 111 Å². The molecule has 2 N–H and O–H groups in total. The first-order valence-corrected chi connectivity index (χ1v) is 6.04. The molecule has 0 spiro atoms. The van der Waals surface area contributed by atoms with Crippen LogP contribution in [0.4, 0.5) is 0 Å². The molecule has 0 atom stereocenters. The van der Waals surface area contributed by atoms with Gasteiger partial charge in [0.2, 0.25) is 5.75 Å². The van der Waals surface area contributed by atoms with E-state index in [1.165, 1.54) is 12.1 Å². The number of ether oxygens (including phenoxy) is 3. The molecule has 0 radical (unpaired) electrons. The fraction of sp³-hybridized carbons (Fsp3) is 0.462. The molecule has 1 aromatic carbocycles. The summed E-state index contributed by atoms with van der Waals surface area (Å²) in [6, 6.07) is 2.75. The molecule has 0 aliphatic carbocycles. The summed E-state index contributed by atoms with van der Waals surface area (Å²) in [5.74, 6) is -0.183. The average molecular weight is 270 g/mol. The van der Waals surface area contributed by atoms with Crippen molar-refractivity contribution in [1.82, 2.24) is 0 Å². The molecule has 0 fully saturated rings. The van der Waals surface area contributed by atoms with Crippen LogP contribution in [0.3, 0.4) is 0 Å². The first-order chi connectivity index (χ1) is 9.13. The summed E-state index contributed by atoms with van der Waals surface area (Å²) < 4.78 is 16.1. The smallest absolute Gasteiger partial charge is 0.335 e. The summed E-state index contributed by atoms with van der Waals surface area (Å²) in [5, 5.41) is 17.9. The Morgan fingerprint density at radius 1 is 1.11 bits per heavy atom. The van der Waals surface area contributed by atoms with Gasteiger partial charge in [0.15, 0.2) is 11.5 Å². The highest BCUT2D eigenvalue weighted by Crippen LogP contribution is 2.39. The molecule has 0 aromatic heterocycles. The van der Waals surface area contributed by atoms with Crippen molar-refractivity contribution in [3.63, 3.8) is 0 Å². The van der Waals surface area contributed by atoms with Gasteiger partial charge in [0, 0.05) is 0 Å². The molecule has 0 saturated carbocycles. The van der Waals surface area contributed by atoms with Crippen LogP contribution in [0, 0.1) is 0 Å². The maximum Gasteiger partial charge on any atom is 0.335 e. The Balaban J connectivity index is 3.23. The predicted octanol–water partition coefficient (Wildman–Crippen LogP) is 1.55. The molecular weight excluding hydrogens is 252 g/mol. The summed E-state index contributed by atoms with van der Waals surface area (Å²) in [7, 11) is 0. The molecule has 1 aromatic rings. The molecule has 19 heavy (non-hydrogen) atoms. The second-order valence-electron chi connectivity index (χ2n) is 3.54. The highest BCUT2D eigenvalue weighted by atomic mass is 16.5. The molecule has 6 heteroatoms. The molecule has 0 bridgehead atoms. The van der Waals surface area contributed by atoms with Crippen LogP contribution in [-0.2, 0) is 0 Å². The maximum atomic E-state index is 11.0. The molecule has 0 heterocycles. The topological polar surface area (TPSA) is 85.2 Å². The lowest BCUT2D eigenvalue weighted by Gasteiger charge is -2.16. The third kappa shape index (κ3) is 4.03. The second-order valence-corrected chi connectivity index (χ2v) is 3.54. The van der Waals surface area contributed by atoms with Gasteiger partial charge < -0.3 is 24.4 Å². The molecule has 0 amide bonds. The lowest BCUT2D eigenvalue weighted by molar-refractivity contribution is 0.0695. The average Bonchev–Trinajstić information content (AvgIpc) is 2.38. The van der Waals surface area contributed by atoms with Gasteiger partial charge in [-0.25, -0.2) is 4.79 Å². The zero-order chi connectivity index (χ0) is 14.3. The minimum absolute atomic E-state index is 0.0586. The lowest BCUT2D eigenvalue weighted by Crippen LogP contribution is -2.08. The van der Waals surface area contributed by atoms with E-state index < -0.39 is 5.97 Å². The van der Waals surface area contributed by atoms with Crippen molar-refractivity contribution in [2.24, 2.45) is 0 Å². The van der Waals surface area contributed by atoms with Gasteiger partial charge in [-0.3, -0.25) is 0 Å². The standard InChI is InChI=1S/C13H18O6/c1-3-17-10-7-9(13(15)16)8-11(18-4-2)12(10)19-6-5-14/h7-8,14H,3-6H2,1-2H3,(H,15,16). The van der Waals surface area contributed by atoms with Crippen LogP contribution < -0.4 is 14.2 Å². The first kappa shape index (κ1) is 15.1. The van der Waals surface area contributed by atoms with E-state index in [9.17, 15) is 4.79 Å². The minimum Gasteiger partial charge on any atom is -0.490 e. The van der Waals surface area contributed by atoms with Gasteiger partial charge in [0.25, 0.3) is 0 Å². The Bertz CT molecular complexity index is 402. The SMILES string of the molecule is CCOc1cc(C(=O)O)cc(OCC)c1OCCO. The largest absolute Gasteiger partial charge is 0.490 e. The normalized spacial score (nSPS) is 10.1. The van der Waals surface area contributed by atoms with Gasteiger partial charge in [0.1, 0.15) is 6.61 Å². The number of aliphatic hydroxyl groups excluding tert-OH is 1. The van der Waals surface area contributed by atoms with Crippen molar-refractivity contribution in [3.05, 3.63) is 17.7 Å². The van der Waals surface area contributed by atoms with E-state index in [2.05, 4.69) is 0 Å². The number of aromatic carboxylic acids is 1. The van der Waals surface area contributed by atoms with Crippen molar-refractivity contribution in [1.29, 1.82) is 0 Å². The summed E-state index contributed by atoms with van der Waals surface area (Å²) in [6.45, 7) is 4.21. The van der Waals surface area contributed by atoms with E-state index in [-0.39, 0.29) is 18.8 Å². The molecule has 1 rings (SSSR count). The maximum absolute atomic E-state index is 11.0. The minimum atomic E-state index is -1.07. The number of carbonyl (C=O) groups is 1. The van der Waals surface area contributed by atoms with Crippen LogP contribution in [0.25, 0.3) is 0 Å². The van der Waals surface area contributed by atoms with Crippen LogP contribution in [0.15, 0.2) is 12.1 Å². The molecule has 0 aliphatic heterocycles. The van der Waals surface area contributed by atoms with Gasteiger partial charge in [-0.2, -0.15) is 0 Å². The van der Waals surface area contributed by atoms with Crippen molar-refractivity contribution in [2.45, 2.75) is 13.8 Å². The zero-order valence-electron chi connectivity index (χ0n) is 11.0. The van der Waals surface area contributed by atoms with E-state index in [1.807, 2.05) is 0 Å². The summed E-state index contributed by atoms with van der Waals surface area (Å²) in [4.78, 5) is 11.0. The number of aliphatic hydroxyl groups is 1. The van der Waals surface area contributed by atoms with Crippen LogP contribution in [0.2, 0.25) is 0 Å². The Morgan fingerprint density at radius 2 is 1.63 bits per heavy atom. The predicted molar refractivity (Wildman–Crippen MR) is 68.3 cm³/mol. The van der Waals surface area contributed by atoms with Gasteiger partial charge >= 0.3 is 5.97 Å². The quantitative estimate of drug-likeness (QED) is 0.745. The van der Waals surface area contributed by atoms with E-state index in [4.69, 9.17) is 24.4 Å². The van der Waals surface area contributed by atoms with Crippen molar-refractivity contribution in [3.8, 4) is 17.2 Å². The van der Waals surface area contributed by atoms with Gasteiger partial charge in [-0.05, 0) is 26.0 Å². The van der Waals surface area contributed by atoms with Crippen LogP contribution >= 0.6 is 0 Å². The number of hydrogen-bond acceptors (Lipinski definition) is 5. The summed E-state index contributed by atoms with van der Waals surface area (Å²) >= 11 is 0. The van der Waals surface area contributed by atoms with Crippen LogP contribution in [0.5, 0.6) is 17.2 Å². The third-order valence-corrected chi connectivity index (χ3v) is 2.21. The number of carboxylic acid groups (broad SMARTS) is 1. The number of carboxylic acids is 1. The number of rotatable bonds is 8. The van der Waals surface area contributed by atoms with Crippen LogP contribution in [0.1, 0.15) is 24.2 Å². The van der Waals surface area contributed by atoms with Crippen molar-refractivity contribution < 1.29 is 29.2 Å². The number of benzene rings is 1.